The second-order valence-electron chi connectivity index (χ2n) is 3.47. The molecule has 0 aliphatic heterocycles. The highest BCUT2D eigenvalue weighted by Gasteiger charge is 2.29. The fourth-order valence-corrected chi connectivity index (χ4v) is 1.88. The Morgan fingerprint density at radius 3 is 2.80 bits per heavy atom. The first-order chi connectivity index (χ1) is 7.19. The van der Waals surface area contributed by atoms with Crippen molar-refractivity contribution in [3.8, 4) is 5.75 Å². The predicted octanol–water partition coefficient (Wildman–Crippen LogP) is 1.57. The molecular formula is C11H11NO3. The van der Waals surface area contributed by atoms with Crippen LogP contribution in [0.2, 0.25) is 0 Å². The highest BCUT2D eigenvalue weighted by molar-refractivity contribution is 6.49. The first kappa shape index (κ1) is 9.71. The van der Waals surface area contributed by atoms with E-state index in [-0.39, 0.29) is 11.5 Å². The number of carbonyl (C=O) groups is 1. The van der Waals surface area contributed by atoms with E-state index in [2.05, 4.69) is 5.16 Å². The molecule has 1 aliphatic carbocycles. The van der Waals surface area contributed by atoms with Gasteiger partial charge < -0.3 is 9.94 Å². The lowest BCUT2D eigenvalue weighted by molar-refractivity contribution is 0.106. The van der Waals surface area contributed by atoms with Crippen LogP contribution in [0.5, 0.6) is 5.75 Å². The molecule has 2 rings (SSSR count). The van der Waals surface area contributed by atoms with E-state index in [0.29, 0.717) is 12.0 Å². The summed E-state index contributed by atoms with van der Waals surface area (Å²) in [4.78, 5) is 11.6. The van der Waals surface area contributed by atoms with Crippen molar-refractivity contribution in [2.24, 2.45) is 5.16 Å². The van der Waals surface area contributed by atoms with E-state index in [1.165, 1.54) is 0 Å². The molecule has 0 heterocycles. The van der Waals surface area contributed by atoms with Crippen LogP contribution in [0.4, 0.5) is 0 Å². The number of methoxy groups -OCH3 is 1. The van der Waals surface area contributed by atoms with E-state index < -0.39 is 0 Å². The van der Waals surface area contributed by atoms with E-state index in [1.807, 2.05) is 6.92 Å². The maximum atomic E-state index is 11.6. The van der Waals surface area contributed by atoms with E-state index in [4.69, 9.17) is 9.94 Å². The van der Waals surface area contributed by atoms with Gasteiger partial charge in [0.25, 0.3) is 0 Å². The summed E-state index contributed by atoms with van der Waals surface area (Å²) < 4.78 is 5.16. The third-order valence-electron chi connectivity index (χ3n) is 2.74. The number of fused-ring (bicyclic) bond motifs is 1. The molecule has 0 unspecified atom stereocenters. The van der Waals surface area contributed by atoms with Crippen LogP contribution in [-0.2, 0) is 6.42 Å². The largest absolute Gasteiger partial charge is 0.496 e. The fraction of sp³-hybridized carbons (Fsp3) is 0.273. The molecule has 0 fully saturated rings. The fourth-order valence-electron chi connectivity index (χ4n) is 1.88. The van der Waals surface area contributed by atoms with Gasteiger partial charge in [0.15, 0.2) is 0 Å². The van der Waals surface area contributed by atoms with Gasteiger partial charge in [-0.25, -0.2) is 0 Å². The van der Waals surface area contributed by atoms with Gasteiger partial charge in [-0.2, -0.15) is 0 Å². The molecule has 1 aliphatic rings. The average molecular weight is 205 g/mol. The third kappa shape index (κ3) is 1.29. The second kappa shape index (κ2) is 3.38. The number of hydrogen-bond acceptors (Lipinski definition) is 4. The molecule has 0 saturated heterocycles. The summed E-state index contributed by atoms with van der Waals surface area (Å²) in [7, 11) is 1.59. The van der Waals surface area contributed by atoms with Crippen molar-refractivity contribution >= 4 is 11.5 Å². The van der Waals surface area contributed by atoms with Gasteiger partial charge in [-0.05, 0) is 30.2 Å². The van der Waals surface area contributed by atoms with Gasteiger partial charge in [-0.1, -0.05) is 5.16 Å². The maximum absolute atomic E-state index is 11.6. The van der Waals surface area contributed by atoms with E-state index in [0.717, 1.165) is 16.9 Å². The first-order valence-corrected chi connectivity index (χ1v) is 4.61. The number of carbonyl (C=O) groups excluding carboxylic acids is 1. The van der Waals surface area contributed by atoms with Gasteiger partial charge in [-0.15, -0.1) is 0 Å². The molecule has 4 heteroatoms. The number of ether oxygens (including phenoxy) is 1. The monoisotopic (exact) mass is 205 g/mol. The molecule has 0 atom stereocenters. The highest BCUT2D eigenvalue weighted by Crippen LogP contribution is 2.30. The Kier molecular flexibility index (Phi) is 2.19. The van der Waals surface area contributed by atoms with Crippen LogP contribution in [0.1, 0.15) is 21.5 Å². The van der Waals surface area contributed by atoms with Crippen LogP contribution in [-0.4, -0.2) is 23.8 Å². The standard InChI is InChI=1S/C11H11NO3/c1-6-8-5-9(12-14)11(13)7(8)3-4-10(6)15-2/h3-4,14H,5H2,1-2H3/b12-9-. The number of nitrogens with zero attached hydrogens (tertiary/aromatic N) is 1. The van der Waals surface area contributed by atoms with Crippen LogP contribution < -0.4 is 4.74 Å². The Bertz CT molecular complexity index is 463. The van der Waals surface area contributed by atoms with E-state index in [1.54, 1.807) is 19.2 Å². The number of ketones is 1. The topological polar surface area (TPSA) is 58.9 Å². The molecule has 0 bridgehead atoms. The van der Waals surface area contributed by atoms with Crippen molar-refractivity contribution < 1.29 is 14.7 Å². The van der Waals surface area contributed by atoms with Gasteiger partial charge in [0, 0.05) is 12.0 Å². The zero-order valence-corrected chi connectivity index (χ0v) is 8.57. The van der Waals surface area contributed by atoms with Crippen LogP contribution in [0.25, 0.3) is 0 Å². The van der Waals surface area contributed by atoms with Crippen LogP contribution in [0, 0.1) is 6.92 Å². The number of hydrogen-bond donors (Lipinski definition) is 1. The molecule has 0 radical (unpaired) electrons. The Labute approximate surface area is 87.2 Å². The molecule has 78 valence electrons. The minimum Gasteiger partial charge on any atom is -0.496 e. The summed E-state index contributed by atoms with van der Waals surface area (Å²) in [6, 6.07) is 3.47. The van der Waals surface area contributed by atoms with Crippen molar-refractivity contribution in [1.82, 2.24) is 0 Å². The van der Waals surface area contributed by atoms with Crippen molar-refractivity contribution in [2.75, 3.05) is 7.11 Å². The van der Waals surface area contributed by atoms with Gasteiger partial charge >= 0.3 is 0 Å². The van der Waals surface area contributed by atoms with Crippen molar-refractivity contribution in [1.29, 1.82) is 0 Å². The molecule has 0 aromatic heterocycles. The molecule has 1 aromatic carbocycles. The summed E-state index contributed by atoms with van der Waals surface area (Å²) in [6.45, 7) is 1.89. The quantitative estimate of drug-likeness (QED) is 0.559. The Morgan fingerprint density at radius 1 is 1.47 bits per heavy atom. The smallest absolute Gasteiger partial charge is 0.211 e. The zero-order valence-electron chi connectivity index (χ0n) is 8.57. The Balaban J connectivity index is 2.60. The van der Waals surface area contributed by atoms with E-state index >= 15 is 0 Å². The van der Waals surface area contributed by atoms with E-state index in [9.17, 15) is 4.79 Å². The average Bonchev–Trinajstić information content (AvgIpc) is 2.57. The lowest BCUT2D eigenvalue weighted by Gasteiger charge is -2.07. The molecule has 0 amide bonds. The third-order valence-corrected chi connectivity index (χ3v) is 2.74. The van der Waals surface area contributed by atoms with Crippen LogP contribution in [0.3, 0.4) is 0 Å². The molecule has 0 saturated carbocycles. The van der Waals surface area contributed by atoms with Gasteiger partial charge in [-0.3, -0.25) is 4.79 Å². The molecule has 0 spiro atoms. The van der Waals surface area contributed by atoms with Crippen molar-refractivity contribution in [3.63, 3.8) is 0 Å². The molecule has 4 nitrogen and oxygen atoms in total. The number of rotatable bonds is 1. The van der Waals surface area contributed by atoms with Crippen molar-refractivity contribution in [3.05, 3.63) is 28.8 Å². The minimum absolute atomic E-state index is 0.196. The summed E-state index contributed by atoms with van der Waals surface area (Å²) in [5.74, 6) is 0.555. The number of Topliss-reactive ketones (excluding diaryl/α,β-unsaturated/α-hetero) is 1. The normalized spacial score (nSPS) is 16.9. The molecular weight excluding hydrogens is 194 g/mol. The summed E-state index contributed by atoms with van der Waals surface area (Å²) in [5, 5.41) is 11.7. The van der Waals surface area contributed by atoms with Crippen molar-refractivity contribution in [2.45, 2.75) is 13.3 Å². The first-order valence-electron chi connectivity index (χ1n) is 4.61. The molecule has 1 aromatic rings. The summed E-state index contributed by atoms with van der Waals surface area (Å²) in [6.07, 6.45) is 0.383. The van der Waals surface area contributed by atoms with Crippen LogP contribution >= 0.6 is 0 Å². The summed E-state index contributed by atoms with van der Waals surface area (Å²) >= 11 is 0. The SMILES string of the molecule is COc1ccc2c(c1C)C/C(=N/O)C2=O. The Morgan fingerprint density at radius 2 is 2.20 bits per heavy atom. The predicted molar refractivity (Wildman–Crippen MR) is 55.0 cm³/mol. The number of oxime groups is 1. The molecule has 15 heavy (non-hydrogen) atoms. The number of benzene rings is 1. The maximum Gasteiger partial charge on any atom is 0.211 e. The Hall–Kier alpha value is -1.84. The van der Waals surface area contributed by atoms with Gasteiger partial charge in [0.2, 0.25) is 5.78 Å². The second-order valence-corrected chi connectivity index (χ2v) is 3.47. The highest BCUT2D eigenvalue weighted by atomic mass is 16.5. The lowest BCUT2D eigenvalue weighted by Crippen LogP contribution is -2.06. The van der Waals surface area contributed by atoms with Gasteiger partial charge in [0.05, 0.1) is 7.11 Å². The summed E-state index contributed by atoms with van der Waals surface area (Å²) in [5.41, 5.74) is 2.64. The van der Waals surface area contributed by atoms with Gasteiger partial charge in [0.1, 0.15) is 11.5 Å². The molecule has 1 N–H and O–H groups in total. The van der Waals surface area contributed by atoms with Crippen LogP contribution in [0.15, 0.2) is 17.3 Å². The minimum atomic E-state index is -0.196. The zero-order chi connectivity index (χ0) is 11.0. The lowest BCUT2D eigenvalue weighted by atomic mass is 10.0.